The molecule has 8 heteroatoms. The van der Waals surface area contributed by atoms with Crippen molar-refractivity contribution >= 4 is 11.6 Å². The highest BCUT2D eigenvalue weighted by Crippen LogP contribution is 2.32. The number of nitrogens with zero attached hydrogens (tertiary/aromatic N) is 5. The number of anilines is 1. The van der Waals surface area contributed by atoms with Gasteiger partial charge >= 0.3 is 0 Å². The molecule has 1 amide bonds. The number of unbranched alkanes of at least 4 members (excludes halogenated alkanes) is 1. The minimum atomic E-state index is -0.507. The van der Waals surface area contributed by atoms with Gasteiger partial charge in [0.25, 0.3) is 5.91 Å². The van der Waals surface area contributed by atoms with Gasteiger partial charge in [-0.15, -0.1) is 0 Å². The fourth-order valence-electron chi connectivity index (χ4n) is 5.67. The van der Waals surface area contributed by atoms with Gasteiger partial charge in [0.15, 0.2) is 11.6 Å². The first-order valence-corrected chi connectivity index (χ1v) is 14.9. The van der Waals surface area contributed by atoms with Crippen LogP contribution in [0.15, 0.2) is 48.7 Å². The van der Waals surface area contributed by atoms with Crippen LogP contribution in [0.2, 0.25) is 0 Å². The summed E-state index contributed by atoms with van der Waals surface area (Å²) >= 11 is 0. The molecule has 2 aromatic carbocycles. The van der Waals surface area contributed by atoms with E-state index in [0.717, 1.165) is 68.1 Å². The number of halogens is 1. The maximum atomic E-state index is 15.0. The lowest BCUT2D eigenvalue weighted by molar-refractivity contribution is 0.0984. The first-order valence-electron chi connectivity index (χ1n) is 14.9. The standard InChI is InChI=1S/C33H44FN5O2/c1-33(2,3)13-15-38-18-16-37(17-19-38)14-7-8-20-41-31-12-11-26(21-28(31)34)32(40)39-24-27-23-35-36(4)30(27)22-25-9-5-6-10-29(25)39/h5-6,9-12,21,23H,7-8,13-20,22,24H2,1-4H3. The number of carbonyl (C=O) groups excluding carboxylic acids is 1. The molecule has 0 aliphatic carbocycles. The van der Waals surface area contributed by atoms with Crippen LogP contribution >= 0.6 is 0 Å². The van der Waals surface area contributed by atoms with Crippen LogP contribution in [0.4, 0.5) is 10.1 Å². The minimum Gasteiger partial charge on any atom is -0.491 e. The monoisotopic (exact) mass is 561 g/mol. The van der Waals surface area contributed by atoms with Crippen molar-refractivity contribution in [2.75, 3.05) is 50.8 Å². The van der Waals surface area contributed by atoms with E-state index in [1.807, 2.05) is 42.2 Å². The number of para-hydroxylation sites is 1. The van der Waals surface area contributed by atoms with Gasteiger partial charge in [-0.1, -0.05) is 39.0 Å². The van der Waals surface area contributed by atoms with Crippen LogP contribution in [-0.2, 0) is 20.0 Å². The summed E-state index contributed by atoms with van der Waals surface area (Å²) in [6, 6.07) is 12.4. The molecule has 41 heavy (non-hydrogen) atoms. The van der Waals surface area contributed by atoms with Crippen LogP contribution in [0, 0.1) is 11.2 Å². The predicted molar refractivity (Wildman–Crippen MR) is 161 cm³/mol. The van der Waals surface area contributed by atoms with Crippen LogP contribution in [0.3, 0.4) is 0 Å². The van der Waals surface area contributed by atoms with Gasteiger partial charge in [-0.25, -0.2) is 4.39 Å². The van der Waals surface area contributed by atoms with E-state index in [2.05, 4.69) is 35.7 Å². The van der Waals surface area contributed by atoms with Crippen molar-refractivity contribution < 1.29 is 13.9 Å². The highest BCUT2D eigenvalue weighted by Gasteiger charge is 2.27. The Kier molecular flexibility index (Phi) is 9.09. The number of amides is 1. The SMILES string of the molecule is Cn1ncc2c1Cc1ccccc1N(C(=O)c1ccc(OCCCCN3CCN(CCC(C)(C)C)CC3)c(F)c1)C2. The van der Waals surface area contributed by atoms with Crippen molar-refractivity contribution in [3.63, 3.8) is 0 Å². The molecule has 1 fully saturated rings. The summed E-state index contributed by atoms with van der Waals surface area (Å²) < 4.78 is 22.7. The Morgan fingerprint density at radius 1 is 0.976 bits per heavy atom. The lowest BCUT2D eigenvalue weighted by Gasteiger charge is -2.36. The maximum Gasteiger partial charge on any atom is 0.258 e. The molecular formula is C33H44FN5O2. The van der Waals surface area contributed by atoms with Crippen LogP contribution < -0.4 is 9.64 Å². The third kappa shape index (κ3) is 7.35. The van der Waals surface area contributed by atoms with E-state index in [9.17, 15) is 4.79 Å². The van der Waals surface area contributed by atoms with E-state index in [4.69, 9.17) is 4.74 Å². The molecule has 3 heterocycles. The fourth-order valence-corrected chi connectivity index (χ4v) is 5.67. The maximum absolute atomic E-state index is 15.0. The van der Waals surface area contributed by atoms with Gasteiger partial charge in [-0.3, -0.25) is 9.48 Å². The molecular weight excluding hydrogens is 517 g/mol. The van der Waals surface area contributed by atoms with Crippen molar-refractivity contribution in [3.05, 3.63) is 76.9 Å². The van der Waals surface area contributed by atoms with Gasteiger partial charge in [-0.2, -0.15) is 5.10 Å². The zero-order valence-corrected chi connectivity index (χ0v) is 25.0. The Bertz CT molecular complexity index is 1340. The lowest BCUT2D eigenvalue weighted by atomic mass is 9.92. The number of aryl methyl sites for hydroxylation is 1. The smallest absolute Gasteiger partial charge is 0.258 e. The second-order valence-electron chi connectivity index (χ2n) is 12.6. The van der Waals surface area contributed by atoms with Gasteiger partial charge in [0, 0.05) is 62.2 Å². The highest BCUT2D eigenvalue weighted by molar-refractivity contribution is 6.06. The molecule has 0 N–H and O–H groups in total. The van der Waals surface area contributed by atoms with Crippen LogP contribution in [0.25, 0.3) is 0 Å². The summed E-state index contributed by atoms with van der Waals surface area (Å²) in [4.78, 5) is 20.4. The highest BCUT2D eigenvalue weighted by atomic mass is 19.1. The Labute approximate surface area is 243 Å². The molecule has 2 aliphatic heterocycles. The molecule has 0 atom stereocenters. The quantitative estimate of drug-likeness (QED) is 0.322. The van der Waals surface area contributed by atoms with Gasteiger partial charge in [0.2, 0.25) is 0 Å². The van der Waals surface area contributed by atoms with Crippen LogP contribution in [-0.4, -0.2) is 71.4 Å². The number of rotatable bonds is 9. The summed E-state index contributed by atoms with van der Waals surface area (Å²) in [6.45, 7) is 14.5. The number of hydrogen-bond donors (Lipinski definition) is 0. The van der Waals surface area contributed by atoms with Crippen molar-refractivity contribution in [1.82, 2.24) is 19.6 Å². The molecule has 1 aromatic heterocycles. The second-order valence-corrected chi connectivity index (χ2v) is 12.6. The van der Waals surface area contributed by atoms with Gasteiger partial charge in [0.1, 0.15) is 0 Å². The van der Waals surface area contributed by atoms with Crippen molar-refractivity contribution in [2.45, 2.75) is 53.0 Å². The van der Waals surface area contributed by atoms with E-state index in [1.165, 1.54) is 19.0 Å². The zero-order chi connectivity index (χ0) is 29.0. The first kappa shape index (κ1) is 29.3. The zero-order valence-electron chi connectivity index (χ0n) is 25.0. The molecule has 1 saturated heterocycles. The molecule has 3 aromatic rings. The Morgan fingerprint density at radius 2 is 1.71 bits per heavy atom. The summed E-state index contributed by atoms with van der Waals surface area (Å²) in [5.41, 5.74) is 4.67. The number of piperazine rings is 1. The molecule has 5 rings (SSSR count). The van der Waals surface area contributed by atoms with Crippen molar-refractivity contribution in [2.24, 2.45) is 12.5 Å². The molecule has 7 nitrogen and oxygen atoms in total. The number of ether oxygens (including phenoxy) is 1. The Morgan fingerprint density at radius 3 is 2.44 bits per heavy atom. The molecule has 0 saturated carbocycles. The summed E-state index contributed by atoms with van der Waals surface area (Å²) in [5.74, 6) is -0.551. The number of hydrogen-bond acceptors (Lipinski definition) is 5. The average molecular weight is 562 g/mol. The topological polar surface area (TPSA) is 53.8 Å². The third-order valence-corrected chi connectivity index (χ3v) is 8.31. The Hall–Kier alpha value is -3.23. The predicted octanol–water partition coefficient (Wildman–Crippen LogP) is 5.52. The third-order valence-electron chi connectivity index (χ3n) is 8.31. The number of carbonyl (C=O) groups is 1. The molecule has 220 valence electrons. The number of benzene rings is 2. The Balaban J connectivity index is 1.11. The van der Waals surface area contributed by atoms with Crippen molar-refractivity contribution in [1.29, 1.82) is 0 Å². The molecule has 0 spiro atoms. The van der Waals surface area contributed by atoms with Gasteiger partial charge in [-0.05, 0) is 67.6 Å². The minimum absolute atomic E-state index is 0.194. The normalized spacial score (nSPS) is 16.3. The molecule has 0 bridgehead atoms. The van der Waals surface area contributed by atoms with Crippen LogP contribution in [0.5, 0.6) is 5.75 Å². The fraction of sp³-hybridized carbons (Fsp3) is 0.515. The van der Waals surface area contributed by atoms with E-state index in [1.54, 1.807) is 17.0 Å². The summed E-state index contributed by atoms with van der Waals surface area (Å²) in [6.07, 6.45) is 5.62. The van der Waals surface area contributed by atoms with Gasteiger partial charge in [0.05, 0.1) is 19.3 Å². The van der Waals surface area contributed by atoms with Crippen molar-refractivity contribution in [3.8, 4) is 5.75 Å². The lowest BCUT2D eigenvalue weighted by Crippen LogP contribution is -2.47. The molecule has 2 aliphatic rings. The van der Waals surface area contributed by atoms with Gasteiger partial charge < -0.3 is 19.4 Å². The second kappa shape index (κ2) is 12.7. The van der Waals surface area contributed by atoms with E-state index in [0.29, 0.717) is 30.6 Å². The van der Waals surface area contributed by atoms with E-state index in [-0.39, 0.29) is 11.7 Å². The van der Waals surface area contributed by atoms with E-state index >= 15 is 4.39 Å². The number of fused-ring (bicyclic) bond motifs is 2. The largest absolute Gasteiger partial charge is 0.491 e. The summed E-state index contributed by atoms with van der Waals surface area (Å²) in [7, 11) is 1.92. The summed E-state index contributed by atoms with van der Waals surface area (Å²) in [5, 5.41) is 4.39. The molecule has 0 unspecified atom stereocenters. The first-order chi connectivity index (χ1) is 19.7. The molecule has 0 radical (unpaired) electrons. The average Bonchev–Trinajstić information content (AvgIpc) is 3.19. The number of aromatic nitrogens is 2. The van der Waals surface area contributed by atoms with Crippen LogP contribution in [0.1, 0.15) is 67.2 Å². The van der Waals surface area contributed by atoms with E-state index < -0.39 is 5.82 Å².